The Morgan fingerprint density at radius 2 is 2.06 bits per heavy atom. The summed E-state index contributed by atoms with van der Waals surface area (Å²) in [5.41, 5.74) is 7.94. The maximum absolute atomic E-state index is 14.7. The summed E-state index contributed by atoms with van der Waals surface area (Å²) < 4.78 is 14.7. The van der Waals surface area contributed by atoms with E-state index in [0.29, 0.717) is 34.4 Å². The van der Waals surface area contributed by atoms with E-state index < -0.39 is 17.4 Å². The zero-order valence-electron chi connectivity index (χ0n) is 19.1. The van der Waals surface area contributed by atoms with Crippen molar-refractivity contribution in [1.29, 1.82) is 0 Å². The summed E-state index contributed by atoms with van der Waals surface area (Å²) in [5.74, 6) is -0.468. The molecule has 1 aliphatic heterocycles. The fourth-order valence-corrected chi connectivity index (χ4v) is 5.00. The third kappa shape index (κ3) is 4.62. The predicted octanol–water partition coefficient (Wildman–Crippen LogP) is 4.58. The first-order valence-corrected chi connectivity index (χ1v) is 11.8. The van der Waals surface area contributed by atoms with Gasteiger partial charge in [0.1, 0.15) is 11.6 Å². The highest BCUT2D eigenvalue weighted by Crippen LogP contribution is 2.37. The summed E-state index contributed by atoms with van der Waals surface area (Å²) >= 11 is 12.5. The van der Waals surface area contributed by atoms with Gasteiger partial charge in [-0.25, -0.2) is 9.37 Å². The number of carbonyl (C=O) groups is 1. The fraction of sp³-hybridized carbons (Fsp3) is 0.375. The summed E-state index contributed by atoms with van der Waals surface area (Å²) in [5, 5.41) is 4.06. The molecule has 2 atom stereocenters. The SMILES string of the molecule is CC(C)[C@H](N)c1nc2cc(NCC(=O)N3CCc4cc(Cl)cc(Cl)c4C3C)c(F)cc2c(=O)[nH]1. The van der Waals surface area contributed by atoms with Crippen molar-refractivity contribution in [3.63, 3.8) is 0 Å². The maximum atomic E-state index is 14.7. The molecule has 2 heterocycles. The highest BCUT2D eigenvalue weighted by Gasteiger charge is 2.29. The number of aromatic nitrogens is 2. The molecule has 4 rings (SSSR count). The summed E-state index contributed by atoms with van der Waals surface area (Å²) in [6.45, 7) is 6.11. The lowest BCUT2D eigenvalue weighted by atomic mass is 9.93. The number of nitrogens with two attached hydrogens (primary N) is 1. The average molecular weight is 506 g/mol. The lowest BCUT2D eigenvalue weighted by Gasteiger charge is -2.36. The Morgan fingerprint density at radius 1 is 1.32 bits per heavy atom. The average Bonchev–Trinajstić information content (AvgIpc) is 2.77. The number of carbonyl (C=O) groups excluding carboxylic acids is 1. The van der Waals surface area contributed by atoms with E-state index in [0.717, 1.165) is 17.2 Å². The molecule has 0 fully saturated rings. The number of rotatable bonds is 5. The molecule has 0 radical (unpaired) electrons. The smallest absolute Gasteiger partial charge is 0.258 e. The van der Waals surface area contributed by atoms with E-state index in [9.17, 15) is 14.0 Å². The second-order valence-corrected chi connectivity index (χ2v) is 9.74. The quantitative estimate of drug-likeness (QED) is 0.470. The van der Waals surface area contributed by atoms with Crippen molar-refractivity contribution in [3.05, 3.63) is 67.4 Å². The van der Waals surface area contributed by atoms with Crippen molar-refractivity contribution in [2.75, 3.05) is 18.4 Å². The van der Waals surface area contributed by atoms with E-state index in [2.05, 4.69) is 15.3 Å². The van der Waals surface area contributed by atoms with E-state index in [4.69, 9.17) is 28.9 Å². The minimum absolute atomic E-state index is 0.0532. The Hall–Kier alpha value is -2.68. The standard InChI is InChI=1S/C24H26Cl2FN5O2/c1-11(2)22(28)23-30-18-9-19(17(27)8-15(18)24(34)31-23)29-10-20(33)32-5-4-13-6-14(25)7-16(26)21(13)12(32)3/h6-9,11-12,22,29H,4-5,10,28H2,1-3H3,(H,30,31,34)/t12?,22-/m0/s1. The second kappa shape index (κ2) is 9.52. The molecule has 1 amide bonds. The number of halogens is 3. The predicted molar refractivity (Wildman–Crippen MR) is 133 cm³/mol. The molecule has 0 saturated carbocycles. The Balaban J connectivity index is 1.55. The Bertz CT molecular complexity index is 1330. The zero-order chi connectivity index (χ0) is 24.7. The van der Waals surface area contributed by atoms with Crippen LogP contribution >= 0.6 is 23.2 Å². The molecule has 4 N–H and O–H groups in total. The highest BCUT2D eigenvalue weighted by molar-refractivity contribution is 6.35. The van der Waals surface area contributed by atoms with Gasteiger partial charge in [0, 0.05) is 16.6 Å². The van der Waals surface area contributed by atoms with Crippen molar-refractivity contribution in [2.45, 2.75) is 39.3 Å². The number of aromatic amines is 1. The fourth-order valence-electron chi connectivity index (χ4n) is 4.30. The van der Waals surface area contributed by atoms with Crippen molar-refractivity contribution in [3.8, 4) is 0 Å². The number of hydrogen-bond donors (Lipinski definition) is 3. The van der Waals surface area contributed by atoms with Crippen LogP contribution in [0.4, 0.5) is 10.1 Å². The monoisotopic (exact) mass is 505 g/mol. The number of amides is 1. The zero-order valence-corrected chi connectivity index (χ0v) is 20.6. The number of hydrogen-bond acceptors (Lipinski definition) is 5. The molecular formula is C24H26Cl2FN5O2. The summed E-state index contributed by atoms with van der Waals surface area (Å²) in [7, 11) is 0. The molecule has 34 heavy (non-hydrogen) atoms. The molecule has 7 nitrogen and oxygen atoms in total. The van der Waals surface area contributed by atoms with Gasteiger partial charge in [0.2, 0.25) is 5.91 Å². The number of fused-ring (bicyclic) bond motifs is 2. The van der Waals surface area contributed by atoms with Crippen LogP contribution in [0, 0.1) is 11.7 Å². The third-order valence-electron chi connectivity index (χ3n) is 6.28. The van der Waals surface area contributed by atoms with Gasteiger partial charge in [0.05, 0.1) is 35.2 Å². The molecular weight excluding hydrogens is 480 g/mol. The molecule has 0 bridgehead atoms. The largest absolute Gasteiger partial charge is 0.374 e. The first-order chi connectivity index (χ1) is 16.1. The maximum Gasteiger partial charge on any atom is 0.258 e. The molecule has 0 spiro atoms. The van der Waals surface area contributed by atoms with Crippen molar-refractivity contribution >= 4 is 45.7 Å². The minimum Gasteiger partial charge on any atom is -0.374 e. The Morgan fingerprint density at radius 3 is 2.76 bits per heavy atom. The number of nitrogens with zero attached hydrogens (tertiary/aromatic N) is 2. The van der Waals surface area contributed by atoms with Gasteiger partial charge < -0.3 is 20.9 Å². The molecule has 1 aliphatic rings. The summed E-state index contributed by atoms with van der Waals surface area (Å²) in [6, 6.07) is 5.37. The van der Waals surface area contributed by atoms with Crippen molar-refractivity contribution in [2.24, 2.45) is 11.7 Å². The number of nitrogens with one attached hydrogen (secondary N) is 2. The van der Waals surface area contributed by atoms with E-state index in [1.54, 1.807) is 11.0 Å². The Labute approximate surface area is 206 Å². The second-order valence-electron chi connectivity index (χ2n) is 8.90. The van der Waals surface area contributed by atoms with Crippen LogP contribution in [-0.2, 0) is 11.2 Å². The van der Waals surface area contributed by atoms with Gasteiger partial charge in [-0.3, -0.25) is 9.59 Å². The first-order valence-electron chi connectivity index (χ1n) is 11.1. The molecule has 3 aromatic rings. The van der Waals surface area contributed by atoms with Crippen molar-refractivity contribution < 1.29 is 9.18 Å². The summed E-state index contributed by atoms with van der Waals surface area (Å²) in [6.07, 6.45) is 0.627. The van der Waals surface area contributed by atoms with Gasteiger partial charge in [0.25, 0.3) is 5.56 Å². The van der Waals surface area contributed by atoms with Crippen LogP contribution in [0.15, 0.2) is 29.1 Å². The molecule has 0 saturated heterocycles. The van der Waals surface area contributed by atoms with E-state index >= 15 is 0 Å². The molecule has 10 heteroatoms. The van der Waals surface area contributed by atoms with Crippen LogP contribution in [0.3, 0.4) is 0 Å². The van der Waals surface area contributed by atoms with Crippen LogP contribution in [-0.4, -0.2) is 33.9 Å². The van der Waals surface area contributed by atoms with Gasteiger partial charge in [-0.1, -0.05) is 37.0 Å². The van der Waals surface area contributed by atoms with Crippen LogP contribution in [0.1, 0.15) is 49.8 Å². The topological polar surface area (TPSA) is 104 Å². The van der Waals surface area contributed by atoms with Crippen LogP contribution < -0.4 is 16.6 Å². The number of benzene rings is 2. The third-order valence-corrected chi connectivity index (χ3v) is 6.82. The summed E-state index contributed by atoms with van der Waals surface area (Å²) in [4.78, 5) is 34.2. The lowest BCUT2D eigenvalue weighted by molar-refractivity contribution is -0.131. The minimum atomic E-state index is -0.650. The molecule has 2 aromatic carbocycles. The number of anilines is 1. The highest BCUT2D eigenvalue weighted by atomic mass is 35.5. The van der Waals surface area contributed by atoms with Crippen molar-refractivity contribution in [1.82, 2.24) is 14.9 Å². The molecule has 1 aromatic heterocycles. The van der Waals surface area contributed by atoms with Crippen LogP contribution in [0.2, 0.25) is 10.0 Å². The van der Waals surface area contributed by atoms with Gasteiger partial charge in [-0.05, 0) is 54.7 Å². The van der Waals surface area contributed by atoms with E-state index in [-0.39, 0.29) is 35.5 Å². The lowest BCUT2D eigenvalue weighted by Crippen LogP contribution is -2.42. The molecule has 0 aliphatic carbocycles. The van der Waals surface area contributed by atoms with E-state index in [1.807, 2.05) is 26.8 Å². The van der Waals surface area contributed by atoms with Crippen LogP contribution in [0.25, 0.3) is 10.9 Å². The molecule has 1 unspecified atom stereocenters. The van der Waals surface area contributed by atoms with Gasteiger partial charge in [-0.15, -0.1) is 0 Å². The van der Waals surface area contributed by atoms with Crippen LogP contribution in [0.5, 0.6) is 0 Å². The first kappa shape index (κ1) is 24.4. The van der Waals surface area contributed by atoms with Gasteiger partial charge >= 0.3 is 0 Å². The Kier molecular flexibility index (Phi) is 6.85. The van der Waals surface area contributed by atoms with Gasteiger partial charge in [0.15, 0.2) is 0 Å². The van der Waals surface area contributed by atoms with E-state index in [1.165, 1.54) is 6.07 Å². The molecule has 180 valence electrons. The normalized spacial score (nSPS) is 16.6. The van der Waals surface area contributed by atoms with Gasteiger partial charge in [-0.2, -0.15) is 0 Å². The number of H-pyrrole nitrogens is 1.